The van der Waals surface area contributed by atoms with E-state index in [-0.39, 0.29) is 12.5 Å². The predicted octanol–water partition coefficient (Wildman–Crippen LogP) is 1.88. The molecule has 0 bridgehead atoms. The second-order valence-electron chi connectivity index (χ2n) is 5.26. The summed E-state index contributed by atoms with van der Waals surface area (Å²) in [5, 5.41) is 16.6. The summed E-state index contributed by atoms with van der Waals surface area (Å²) in [5.74, 6) is -1.20. The lowest BCUT2D eigenvalue weighted by atomic mass is 9.94. The van der Waals surface area contributed by atoms with Crippen LogP contribution in [-0.4, -0.2) is 29.6 Å². The molecule has 4 N–H and O–H groups in total. The average molecular weight is 293 g/mol. The van der Waals surface area contributed by atoms with Gasteiger partial charge in [0.25, 0.3) is 0 Å². The number of carbonyl (C=O) groups is 3. The molecule has 1 rings (SSSR count). The SMILES string of the molecule is CC(=O)Nc1cccc(NC(=O)NCC(C)(C)C(=O)O)c1. The zero-order valence-corrected chi connectivity index (χ0v) is 12.2. The first-order valence-corrected chi connectivity index (χ1v) is 6.36. The van der Waals surface area contributed by atoms with Crippen molar-refractivity contribution in [1.29, 1.82) is 0 Å². The number of urea groups is 1. The van der Waals surface area contributed by atoms with Crippen molar-refractivity contribution in [3.05, 3.63) is 24.3 Å². The third-order valence-electron chi connectivity index (χ3n) is 2.71. The molecular formula is C14H19N3O4. The number of aliphatic carboxylic acids is 1. The van der Waals surface area contributed by atoms with Crippen molar-refractivity contribution in [3.8, 4) is 0 Å². The van der Waals surface area contributed by atoms with E-state index in [1.165, 1.54) is 20.8 Å². The van der Waals surface area contributed by atoms with Gasteiger partial charge in [0, 0.05) is 24.8 Å². The fourth-order valence-corrected chi connectivity index (χ4v) is 1.43. The Balaban J connectivity index is 2.59. The molecule has 0 spiro atoms. The molecule has 114 valence electrons. The minimum atomic E-state index is -1.05. The van der Waals surface area contributed by atoms with Crippen molar-refractivity contribution >= 4 is 29.3 Å². The highest BCUT2D eigenvalue weighted by molar-refractivity contribution is 5.92. The van der Waals surface area contributed by atoms with Crippen LogP contribution in [0.25, 0.3) is 0 Å². The summed E-state index contributed by atoms with van der Waals surface area (Å²) in [6.07, 6.45) is 0. The Kier molecular flexibility index (Phi) is 5.29. The lowest BCUT2D eigenvalue weighted by Gasteiger charge is -2.19. The van der Waals surface area contributed by atoms with E-state index in [1.54, 1.807) is 24.3 Å². The van der Waals surface area contributed by atoms with E-state index in [9.17, 15) is 14.4 Å². The number of hydrogen-bond acceptors (Lipinski definition) is 3. The second-order valence-corrected chi connectivity index (χ2v) is 5.26. The molecule has 7 nitrogen and oxygen atoms in total. The third-order valence-corrected chi connectivity index (χ3v) is 2.71. The van der Waals surface area contributed by atoms with Gasteiger partial charge in [0.05, 0.1) is 5.41 Å². The summed E-state index contributed by atoms with van der Waals surface area (Å²) >= 11 is 0. The molecule has 21 heavy (non-hydrogen) atoms. The van der Waals surface area contributed by atoms with E-state index < -0.39 is 17.4 Å². The zero-order chi connectivity index (χ0) is 16.0. The van der Waals surface area contributed by atoms with Crippen LogP contribution in [0.5, 0.6) is 0 Å². The molecule has 0 saturated carbocycles. The van der Waals surface area contributed by atoms with Gasteiger partial charge >= 0.3 is 12.0 Å². The van der Waals surface area contributed by atoms with Gasteiger partial charge in [-0.15, -0.1) is 0 Å². The van der Waals surface area contributed by atoms with Crippen LogP contribution in [0.4, 0.5) is 16.2 Å². The Hall–Kier alpha value is -2.57. The Morgan fingerprint density at radius 3 is 2.24 bits per heavy atom. The molecule has 0 atom stereocenters. The van der Waals surface area contributed by atoms with Gasteiger partial charge in [-0.1, -0.05) is 6.07 Å². The summed E-state index contributed by atoms with van der Waals surface area (Å²) in [6.45, 7) is 4.43. The van der Waals surface area contributed by atoms with Gasteiger partial charge in [-0.05, 0) is 32.0 Å². The number of carboxylic acids is 1. The first-order chi connectivity index (χ1) is 9.70. The molecule has 0 aliphatic rings. The fourth-order valence-electron chi connectivity index (χ4n) is 1.43. The lowest BCUT2D eigenvalue weighted by Crippen LogP contribution is -2.40. The zero-order valence-electron chi connectivity index (χ0n) is 12.2. The van der Waals surface area contributed by atoms with Crippen LogP contribution in [0.15, 0.2) is 24.3 Å². The topological polar surface area (TPSA) is 108 Å². The molecular weight excluding hydrogens is 274 g/mol. The standard InChI is InChI=1S/C14H19N3O4/c1-9(18)16-10-5-4-6-11(7-10)17-13(21)15-8-14(2,3)12(19)20/h4-7H,8H2,1-3H3,(H,16,18)(H,19,20)(H2,15,17,21). The van der Waals surface area contributed by atoms with Gasteiger partial charge in [0.15, 0.2) is 0 Å². The minimum Gasteiger partial charge on any atom is -0.481 e. The maximum Gasteiger partial charge on any atom is 0.319 e. The number of carbonyl (C=O) groups excluding carboxylic acids is 2. The van der Waals surface area contributed by atoms with Crippen LogP contribution in [0.2, 0.25) is 0 Å². The maximum atomic E-state index is 11.7. The Morgan fingerprint density at radius 1 is 1.14 bits per heavy atom. The van der Waals surface area contributed by atoms with Crippen LogP contribution < -0.4 is 16.0 Å². The van der Waals surface area contributed by atoms with Crippen LogP contribution in [0.1, 0.15) is 20.8 Å². The predicted molar refractivity (Wildman–Crippen MR) is 79.2 cm³/mol. The molecule has 0 aliphatic heterocycles. The van der Waals surface area contributed by atoms with E-state index in [4.69, 9.17) is 5.11 Å². The van der Waals surface area contributed by atoms with Crippen molar-refractivity contribution in [2.24, 2.45) is 5.41 Å². The summed E-state index contributed by atoms with van der Waals surface area (Å²) in [7, 11) is 0. The minimum absolute atomic E-state index is 0.000443. The monoisotopic (exact) mass is 293 g/mol. The molecule has 0 aromatic heterocycles. The highest BCUT2D eigenvalue weighted by Crippen LogP contribution is 2.16. The average Bonchev–Trinajstić information content (AvgIpc) is 2.36. The van der Waals surface area contributed by atoms with Crippen molar-refractivity contribution < 1.29 is 19.5 Å². The Morgan fingerprint density at radius 2 is 1.71 bits per heavy atom. The van der Waals surface area contributed by atoms with Crippen molar-refractivity contribution in [3.63, 3.8) is 0 Å². The normalized spacial score (nSPS) is 10.6. The number of anilines is 2. The molecule has 1 aromatic carbocycles. The van der Waals surface area contributed by atoms with Crippen molar-refractivity contribution in [2.45, 2.75) is 20.8 Å². The number of amides is 3. The van der Waals surface area contributed by atoms with Gasteiger partial charge in [-0.2, -0.15) is 0 Å². The number of carboxylic acid groups (broad SMARTS) is 1. The molecule has 0 radical (unpaired) electrons. The Bertz CT molecular complexity index is 555. The number of nitrogens with one attached hydrogen (secondary N) is 3. The molecule has 3 amide bonds. The summed E-state index contributed by atoms with van der Waals surface area (Å²) < 4.78 is 0. The second kappa shape index (κ2) is 6.74. The third kappa shape index (κ3) is 5.52. The van der Waals surface area contributed by atoms with E-state index in [2.05, 4.69) is 16.0 Å². The van der Waals surface area contributed by atoms with E-state index in [1.807, 2.05) is 0 Å². The first kappa shape index (κ1) is 16.5. The van der Waals surface area contributed by atoms with E-state index in [0.717, 1.165) is 0 Å². The van der Waals surface area contributed by atoms with Gasteiger partial charge in [0.1, 0.15) is 0 Å². The molecule has 1 aromatic rings. The van der Waals surface area contributed by atoms with Gasteiger partial charge in [0.2, 0.25) is 5.91 Å². The van der Waals surface area contributed by atoms with E-state index >= 15 is 0 Å². The molecule has 0 aliphatic carbocycles. The van der Waals surface area contributed by atoms with Crippen molar-refractivity contribution in [1.82, 2.24) is 5.32 Å². The maximum absolute atomic E-state index is 11.7. The van der Waals surface area contributed by atoms with Crippen LogP contribution in [0.3, 0.4) is 0 Å². The van der Waals surface area contributed by atoms with Crippen LogP contribution in [-0.2, 0) is 9.59 Å². The number of rotatable bonds is 5. The highest BCUT2D eigenvalue weighted by atomic mass is 16.4. The lowest BCUT2D eigenvalue weighted by molar-refractivity contribution is -0.146. The van der Waals surface area contributed by atoms with Crippen LogP contribution >= 0.6 is 0 Å². The first-order valence-electron chi connectivity index (χ1n) is 6.36. The van der Waals surface area contributed by atoms with Gasteiger partial charge in [-0.25, -0.2) is 4.79 Å². The fraction of sp³-hybridized carbons (Fsp3) is 0.357. The largest absolute Gasteiger partial charge is 0.481 e. The quantitative estimate of drug-likeness (QED) is 0.664. The molecule has 0 saturated heterocycles. The number of hydrogen-bond donors (Lipinski definition) is 4. The van der Waals surface area contributed by atoms with Gasteiger partial charge < -0.3 is 21.1 Å². The van der Waals surface area contributed by atoms with E-state index in [0.29, 0.717) is 11.4 Å². The summed E-state index contributed by atoms with van der Waals surface area (Å²) in [4.78, 5) is 33.6. The molecule has 0 fully saturated rings. The smallest absolute Gasteiger partial charge is 0.319 e. The molecule has 0 unspecified atom stereocenters. The summed E-state index contributed by atoms with van der Waals surface area (Å²) in [5.41, 5.74) is 0.00749. The molecule has 7 heteroatoms. The Labute approximate surface area is 122 Å². The highest BCUT2D eigenvalue weighted by Gasteiger charge is 2.27. The summed E-state index contributed by atoms with van der Waals surface area (Å²) in [6, 6.07) is 6.13. The number of benzene rings is 1. The molecule has 0 heterocycles. The van der Waals surface area contributed by atoms with Gasteiger partial charge in [-0.3, -0.25) is 9.59 Å². The van der Waals surface area contributed by atoms with Crippen molar-refractivity contribution in [2.75, 3.05) is 17.2 Å². The van der Waals surface area contributed by atoms with Crippen LogP contribution in [0, 0.1) is 5.41 Å².